The number of H-pyrrole nitrogens is 2. The first-order chi connectivity index (χ1) is 16.3. The quantitative estimate of drug-likeness (QED) is 0.463. The predicted molar refractivity (Wildman–Crippen MR) is 115 cm³/mol. The Labute approximate surface area is 190 Å². The Bertz CT molecular complexity index is 1460. The van der Waals surface area contributed by atoms with Crippen molar-refractivity contribution in [3.63, 3.8) is 0 Å². The van der Waals surface area contributed by atoms with Crippen molar-refractivity contribution in [3.05, 3.63) is 39.1 Å². The van der Waals surface area contributed by atoms with Gasteiger partial charge in [-0.25, -0.2) is 18.6 Å². The molecule has 3 fully saturated rings. The molecule has 1 amide bonds. The molecule has 11 nitrogen and oxygen atoms in total. The van der Waals surface area contributed by atoms with E-state index in [4.69, 9.17) is 9.98 Å². The highest BCUT2D eigenvalue weighted by Crippen LogP contribution is 2.49. The Kier molecular flexibility index (Phi) is 4.51. The lowest BCUT2D eigenvalue weighted by atomic mass is 10.2. The van der Waals surface area contributed by atoms with Gasteiger partial charge in [0.15, 0.2) is 11.1 Å². The molecule has 2 saturated carbocycles. The Morgan fingerprint density at radius 2 is 1.97 bits per heavy atom. The molecular weight excluding hydrogens is 450 g/mol. The average molecular weight is 472 g/mol. The lowest BCUT2D eigenvalue weighted by molar-refractivity contribution is -0.135. The molecule has 0 spiro atoms. The lowest BCUT2D eigenvalue weighted by Crippen LogP contribution is -2.50. The molecule has 1 unspecified atom stereocenters. The Balaban J connectivity index is 1.34. The van der Waals surface area contributed by atoms with E-state index in [2.05, 4.69) is 15.1 Å². The number of amides is 1. The summed E-state index contributed by atoms with van der Waals surface area (Å²) >= 11 is 0. The smallest absolute Gasteiger partial charge is 0.326 e. The van der Waals surface area contributed by atoms with Crippen LogP contribution < -0.4 is 21.3 Å². The number of piperazine rings is 1. The molecule has 0 bridgehead atoms. The second-order valence-electron chi connectivity index (χ2n) is 8.98. The van der Waals surface area contributed by atoms with E-state index in [1.54, 1.807) is 16.8 Å². The number of anilines is 1. The molecule has 0 aromatic carbocycles. The topological polar surface area (TPSA) is 135 Å². The van der Waals surface area contributed by atoms with Gasteiger partial charge < -0.3 is 19.9 Å². The lowest BCUT2D eigenvalue weighted by Gasteiger charge is -2.35. The van der Waals surface area contributed by atoms with E-state index in [1.807, 2.05) is 11.0 Å². The summed E-state index contributed by atoms with van der Waals surface area (Å²) in [6, 6.07) is 2.07. The van der Waals surface area contributed by atoms with E-state index in [9.17, 15) is 23.5 Å². The number of alkyl halides is 2. The molecule has 178 valence electrons. The molecule has 3 N–H and O–H groups in total. The van der Waals surface area contributed by atoms with Crippen molar-refractivity contribution in [2.45, 2.75) is 31.2 Å². The number of carbonyl (C=O) groups excluding carboxylic acids is 1. The first-order valence-corrected chi connectivity index (χ1v) is 11.2. The highest BCUT2D eigenvalue weighted by molar-refractivity contribution is 5.83. The van der Waals surface area contributed by atoms with Crippen LogP contribution in [0.4, 0.5) is 14.6 Å². The molecule has 4 heterocycles. The Hall–Kier alpha value is -3.77. The number of hydrogen-bond donors (Lipinski definition) is 3. The zero-order chi connectivity index (χ0) is 23.6. The van der Waals surface area contributed by atoms with Gasteiger partial charge >= 0.3 is 5.69 Å². The molecule has 1 saturated heterocycles. The summed E-state index contributed by atoms with van der Waals surface area (Å²) in [6.45, 7) is 1.58. The maximum Gasteiger partial charge on any atom is 0.326 e. The first kappa shape index (κ1) is 20.8. The summed E-state index contributed by atoms with van der Waals surface area (Å²) in [6.07, 6.45) is 4.79. The van der Waals surface area contributed by atoms with Crippen LogP contribution in [0.2, 0.25) is 0 Å². The number of hydrogen-bond acceptors (Lipinski definition) is 7. The Morgan fingerprint density at radius 1 is 1.24 bits per heavy atom. The number of aromatic nitrogens is 5. The van der Waals surface area contributed by atoms with Crippen LogP contribution in [0.25, 0.3) is 11.7 Å². The van der Waals surface area contributed by atoms with Crippen LogP contribution >= 0.6 is 0 Å². The molecule has 0 radical (unpaired) electrons. The minimum absolute atomic E-state index is 0.205. The summed E-state index contributed by atoms with van der Waals surface area (Å²) in [4.78, 5) is 41.6. The van der Waals surface area contributed by atoms with Gasteiger partial charge in [0.05, 0.1) is 12.2 Å². The third-order valence-electron chi connectivity index (χ3n) is 6.40. The van der Waals surface area contributed by atoms with Gasteiger partial charge in [-0.2, -0.15) is 9.61 Å². The average Bonchev–Trinajstić information content (AvgIpc) is 3.66. The number of fused-ring (bicyclic) bond motifs is 1. The Morgan fingerprint density at radius 3 is 2.59 bits per heavy atom. The fourth-order valence-electron chi connectivity index (χ4n) is 4.20. The summed E-state index contributed by atoms with van der Waals surface area (Å²) in [5.74, 6) is -4.18. The number of nitrogens with zero attached hydrogens (tertiary/aromatic N) is 6. The number of aromatic amines is 2. The normalized spacial score (nSPS) is 23.2. The van der Waals surface area contributed by atoms with Gasteiger partial charge in [0.1, 0.15) is 17.4 Å². The largest absolute Gasteiger partial charge is 0.493 e. The standard InChI is InChI=1S/C21H22F2N8O3/c22-21(23)9-13(21)19(33)30-5-3-29(4-6-30)15-8-16(25-12-1-2-12)31-17(27-15)11(10-24-31)7-14-18(32)28-20(34)26-14/h7-8,10,12-13,32H,1-6,9H2,(H2,26,28,34). The van der Waals surface area contributed by atoms with Crippen molar-refractivity contribution in [1.29, 1.82) is 0 Å². The van der Waals surface area contributed by atoms with Crippen molar-refractivity contribution in [2.75, 3.05) is 31.1 Å². The number of rotatable bonds is 4. The molecule has 2 aliphatic carbocycles. The van der Waals surface area contributed by atoms with E-state index in [0.717, 1.165) is 12.8 Å². The molecule has 3 aliphatic rings. The SMILES string of the molecule is O=C(C1CC1(F)F)N1CCN(c2cc(=NC3CC3)n3ncc(=Cc4[nH]c(=O)[nH]c4O)c3n2)CC1. The van der Waals surface area contributed by atoms with Crippen molar-refractivity contribution in [3.8, 4) is 5.88 Å². The molecule has 1 atom stereocenters. The highest BCUT2D eigenvalue weighted by Gasteiger charge is 2.62. The predicted octanol–water partition coefficient (Wildman–Crippen LogP) is -0.634. The fourth-order valence-corrected chi connectivity index (χ4v) is 4.20. The van der Waals surface area contributed by atoms with E-state index in [0.29, 0.717) is 48.4 Å². The maximum atomic E-state index is 13.3. The van der Waals surface area contributed by atoms with E-state index >= 15 is 0 Å². The molecule has 3 aromatic rings. The number of nitrogens with one attached hydrogen (secondary N) is 2. The molecule has 1 aliphatic heterocycles. The maximum absolute atomic E-state index is 13.3. The zero-order valence-electron chi connectivity index (χ0n) is 18.0. The molecular formula is C21H22F2N8O3. The van der Waals surface area contributed by atoms with Gasteiger partial charge in [0.25, 0.3) is 5.92 Å². The third kappa shape index (κ3) is 3.70. The van der Waals surface area contributed by atoms with Gasteiger partial charge in [-0.3, -0.25) is 14.8 Å². The third-order valence-corrected chi connectivity index (χ3v) is 6.40. The minimum atomic E-state index is -2.87. The van der Waals surface area contributed by atoms with Crippen molar-refractivity contribution in [2.24, 2.45) is 10.9 Å². The van der Waals surface area contributed by atoms with Gasteiger partial charge in [0, 0.05) is 43.9 Å². The summed E-state index contributed by atoms with van der Waals surface area (Å²) in [7, 11) is 0. The van der Waals surface area contributed by atoms with Crippen LogP contribution in [0.15, 0.2) is 22.1 Å². The number of imidazole rings is 1. The van der Waals surface area contributed by atoms with Crippen LogP contribution in [-0.2, 0) is 4.79 Å². The van der Waals surface area contributed by atoms with Crippen LogP contribution in [0.1, 0.15) is 25.0 Å². The molecule has 34 heavy (non-hydrogen) atoms. The van der Waals surface area contributed by atoms with Crippen molar-refractivity contribution < 1.29 is 18.7 Å². The van der Waals surface area contributed by atoms with Crippen LogP contribution in [0.5, 0.6) is 5.88 Å². The van der Waals surface area contributed by atoms with Gasteiger partial charge in [0.2, 0.25) is 11.8 Å². The second kappa shape index (κ2) is 7.37. The van der Waals surface area contributed by atoms with E-state index < -0.39 is 23.4 Å². The molecule has 3 aromatic heterocycles. The number of carbonyl (C=O) groups is 1. The molecule has 13 heteroatoms. The summed E-state index contributed by atoms with van der Waals surface area (Å²) in [5.41, 5.74) is 0.797. The van der Waals surface area contributed by atoms with Crippen molar-refractivity contribution >= 4 is 23.4 Å². The van der Waals surface area contributed by atoms with Crippen LogP contribution in [-0.4, -0.2) is 78.6 Å². The van der Waals surface area contributed by atoms with Crippen LogP contribution in [0.3, 0.4) is 0 Å². The summed E-state index contributed by atoms with van der Waals surface area (Å²) in [5, 5.41) is 14.9. The second-order valence-corrected chi connectivity index (χ2v) is 8.98. The van der Waals surface area contributed by atoms with Crippen molar-refractivity contribution in [1.82, 2.24) is 29.5 Å². The van der Waals surface area contributed by atoms with Crippen LogP contribution in [0, 0.1) is 5.92 Å². The van der Waals surface area contributed by atoms with E-state index in [1.165, 1.54) is 4.90 Å². The number of halogens is 2. The van der Waals surface area contributed by atoms with Gasteiger partial charge in [-0.05, 0) is 18.9 Å². The summed E-state index contributed by atoms with van der Waals surface area (Å²) < 4.78 is 28.2. The van der Waals surface area contributed by atoms with Gasteiger partial charge in [-0.15, -0.1) is 0 Å². The minimum Gasteiger partial charge on any atom is -0.493 e. The molecule has 6 rings (SSSR count). The highest BCUT2D eigenvalue weighted by atomic mass is 19.3. The first-order valence-electron chi connectivity index (χ1n) is 11.2. The fraction of sp³-hybridized carbons (Fsp3) is 0.476. The zero-order valence-corrected chi connectivity index (χ0v) is 18.0. The number of aromatic hydroxyl groups is 1. The monoisotopic (exact) mass is 472 g/mol. The van der Waals surface area contributed by atoms with E-state index in [-0.39, 0.29) is 24.0 Å². The van der Waals surface area contributed by atoms with Gasteiger partial charge in [-0.1, -0.05) is 0 Å².